The fourth-order valence-electron chi connectivity index (χ4n) is 2.12. The molecule has 0 aliphatic carbocycles. The number of hydrogen-bond donors (Lipinski definition) is 1. The summed E-state index contributed by atoms with van der Waals surface area (Å²) in [6, 6.07) is 10.1. The lowest BCUT2D eigenvalue weighted by Crippen LogP contribution is -2.14. The predicted molar refractivity (Wildman–Crippen MR) is 82.5 cm³/mol. The van der Waals surface area contributed by atoms with Gasteiger partial charge in [-0.1, -0.05) is 39.7 Å². The molecule has 2 nitrogen and oxygen atoms in total. The first-order valence-electron chi connectivity index (χ1n) is 6.46. The highest BCUT2D eigenvalue weighted by atomic mass is 79.9. The molecule has 1 atom stereocenters. The predicted octanol–water partition coefficient (Wildman–Crippen LogP) is 4.34. The van der Waals surface area contributed by atoms with E-state index in [0.717, 1.165) is 22.4 Å². The number of aryl methyl sites for hydroxylation is 1. The molecule has 0 amide bonds. The quantitative estimate of drug-likeness (QED) is 0.900. The summed E-state index contributed by atoms with van der Waals surface area (Å²) in [6.45, 7) is 4.52. The summed E-state index contributed by atoms with van der Waals surface area (Å²) >= 11 is 3.37. The van der Waals surface area contributed by atoms with Gasteiger partial charge in [0.2, 0.25) is 0 Å². The second-order valence-corrected chi connectivity index (χ2v) is 5.47. The molecule has 0 saturated heterocycles. The van der Waals surface area contributed by atoms with E-state index in [1.807, 2.05) is 32.0 Å². The second kappa shape index (κ2) is 6.37. The fraction of sp³-hybridized carbons (Fsp3) is 0.250. The first-order chi connectivity index (χ1) is 9.52. The van der Waals surface area contributed by atoms with Gasteiger partial charge >= 0.3 is 0 Å². The Morgan fingerprint density at radius 3 is 2.60 bits per heavy atom. The van der Waals surface area contributed by atoms with Gasteiger partial charge in [-0.3, -0.25) is 0 Å². The third-order valence-electron chi connectivity index (χ3n) is 3.10. The molecular weight excluding hydrogens is 321 g/mol. The van der Waals surface area contributed by atoms with Gasteiger partial charge in [0.25, 0.3) is 0 Å². The lowest BCUT2D eigenvalue weighted by Gasteiger charge is -2.19. The van der Waals surface area contributed by atoms with Crippen molar-refractivity contribution in [1.82, 2.24) is 0 Å². The smallest absolute Gasteiger partial charge is 0.124 e. The monoisotopic (exact) mass is 337 g/mol. The molecule has 1 unspecified atom stereocenters. The van der Waals surface area contributed by atoms with Gasteiger partial charge in [-0.15, -0.1) is 0 Å². The molecule has 4 heteroatoms. The van der Waals surface area contributed by atoms with Gasteiger partial charge in [0, 0.05) is 10.0 Å². The molecule has 2 aromatic carbocycles. The summed E-state index contributed by atoms with van der Waals surface area (Å²) in [4.78, 5) is 0. The zero-order valence-electron chi connectivity index (χ0n) is 11.5. The number of nitrogens with two attached hydrogens (primary N) is 1. The van der Waals surface area contributed by atoms with Gasteiger partial charge in [0.15, 0.2) is 0 Å². The van der Waals surface area contributed by atoms with Crippen molar-refractivity contribution in [3.63, 3.8) is 0 Å². The van der Waals surface area contributed by atoms with Crippen molar-refractivity contribution in [2.75, 3.05) is 6.61 Å². The van der Waals surface area contributed by atoms with Gasteiger partial charge < -0.3 is 10.5 Å². The largest absolute Gasteiger partial charge is 0.494 e. The Hall–Kier alpha value is -1.39. The van der Waals surface area contributed by atoms with Crippen molar-refractivity contribution >= 4 is 15.9 Å². The topological polar surface area (TPSA) is 35.2 Å². The Kier molecular flexibility index (Phi) is 4.78. The van der Waals surface area contributed by atoms with Gasteiger partial charge in [0.05, 0.1) is 12.6 Å². The molecule has 0 heterocycles. The highest BCUT2D eigenvalue weighted by Gasteiger charge is 2.17. The van der Waals surface area contributed by atoms with Crippen LogP contribution in [-0.2, 0) is 0 Å². The Labute approximate surface area is 126 Å². The maximum atomic E-state index is 13.2. The first kappa shape index (κ1) is 15.0. The maximum Gasteiger partial charge on any atom is 0.124 e. The van der Waals surface area contributed by atoms with E-state index in [0.29, 0.717) is 11.1 Å². The summed E-state index contributed by atoms with van der Waals surface area (Å²) in [6.07, 6.45) is 0. The molecule has 2 N–H and O–H groups in total. The molecule has 0 aliphatic heterocycles. The molecule has 0 aliphatic rings. The van der Waals surface area contributed by atoms with Crippen molar-refractivity contribution in [3.8, 4) is 5.75 Å². The van der Waals surface area contributed by atoms with Crippen molar-refractivity contribution in [2.45, 2.75) is 19.9 Å². The first-order valence-corrected chi connectivity index (χ1v) is 7.26. The highest BCUT2D eigenvalue weighted by molar-refractivity contribution is 9.10. The molecular formula is C16H17BrFNO. The Morgan fingerprint density at radius 1 is 1.20 bits per heavy atom. The highest BCUT2D eigenvalue weighted by Crippen LogP contribution is 2.33. The minimum absolute atomic E-state index is 0.290. The summed E-state index contributed by atoms with van der Waals surface area (Å²) in [7, 11) is 0. The minimum atomic E-state index is -0.369. The third-order valence-corrected chi connectivity index (χ3v) is 3.78. The van der Waals surface area contributed by atoms with E-state index in [4.69, 9.17) is 10.5 Å². The Morgan fingerprint density at radius 2 is 1.95 bits per heavy atom. The summed E-state index contributed by atoms with van der Waals surface area (Å²) in [5.41, 5.74) is 9.18. The SMILES string of the molecule is CCOc1ccc(C)cc1C(N)c1ccc(F)cc1Br. The van der Waals surface area contributed by atoms with E-state index >= 15 is 0 Å². The molecule has 0 spiro atoms. The van der Waals surface area contributed by atoms with Crippen LogP contribution in [-0.4, -0.2) is 6.61 Å². The van der Waals surface area contributed by atoms with Crippen LogP contribution in [0.1, 0.15) is 29.7 Å². The average molecular weight is 338 g/mol. The standard InChI is InChI=1S/C16H17BrFNO/c1-3-20-15-7-4-10(2)8-13(15)16(19)12-6-5-11(18)9-14(12)17/h4-9,16H,3,19H2,1-2H3. The van der Waals surface area contributed by atoms with Gasteiger partial charge in [-0.05, 0) is 37.6 Å². The number of hydrogen-bond acceptors (Lipinski definition) is 2. The lowest BCUT2D eigenvalue weighted by molar-refractivity contribution is 0.335. The van der Waals surface area contributed by atoms with Gasteiger partial charge in [-0.25, -0.2) is 4.39 Å². The van der Waals surface area contributed by atoms with Crippen LogP contribution in [0.3, 0.4) is 0 Å². The zero-order chi connectivity index (χ0) is 14.7. The van der Waals surface area contributed by atoms with Crippen LogP contribution in [0.2, 0.25) is 0 Å². The number of rotatable bonds is 4. The summed E-state index contributed by atoms with van der Waals surface area (Å²) in [5, 5.41) is 0. The normalized spacial score (nSPS) is 12.2. The van der Waals surface area contributed by atoms with Crippen molar-refractivity contribution < 1.29 is 9.13 Å². The molecule has 0 radical (unpaired) electrons. The molecule has 20 heavy (non-hydrogen) atoms. The van der Waals surface area contributed by atoms with E-state index in [-0.39, 0.29) is 11.9 Å². The molecule has 2 aromatic rings. The molecule has 0 bridgehead atoms. The minimum Gasteiger partial charge on any atom is -0.494 e. The van der Waals surface area contributed by atoms with Crippen molar-refractivity contribution in [1.29, 1.82) is 0 Å². The van der Waals surface area contributed by atoms with Crippen LogP contribution in [0.25, 0.3) is 0 Å². The van der Waals surface area contributed by atoms with Crippen LogP contribution >= 0.6 is 15.9 Å². The van der Waals surface area contributed by atoms with Crippen molar-refractivity contribution in [2.24, 2.45) is 5.73 Å². The second-order valence-electron chi connectivity index (χ2n) is 4.62. The van der Waals surface area contributed by atoms with Crippen LogP contribution in [0.5, 0.6) is 5.75 Å². The molecule has 106 valence electrons. The fourth-order valence-corrected chi connectivity index (χ4v) is 2.72. The van der Waals surface area contributed by atoms with Gasteiger partial charge in [-0.2, -0.15) is 0 Å². The maximum absolute atomic E-state index is 13.2. The molecule has 0 fully saturated rings. The van der Waals surface area contributed by atoms with E-state index < -0.39 is 0 Å². The van der Waals surface area contributed by atoms with E-state index in [9.17, 15) is 4.39 Å². The molecule has 2 rings (SSSR count). The number of halogens is 2. The number of ether oxygens (including phenoxy) is 1. The van der Waals surface area contributed by atoms with Crippen LogP contribution in [0.4, 0.5) is 4.39 Å². The third kappa shape index (κ3) is 3.19. The Bertz CT molecular complexity index is 615. The van der Waals surface area contributed by atoms with Crippen LogP contribution < -0.4 is 10.5 Å². The van der Waals surface area contributed by atoms with Crippen LogP contribution in [0.15, 0.2) is 40.9 Å². The molecule has 0 saturated carbocycles. The number of benzene rings is 2. The van der Waals surface area contributed by atoms with Gasteiger partial charge in [0.1, 0.15) is 11.6 Å². The zero-order valence-corrected chi connectivity index (χ0v) is 13.1. The van der Waals surface area contributed by atoms with Crippen molar-refractivity contribution in [3.05, 3.63) is 63.4 Å². The van der Waals surface area contributed by atoms with E-state index in [1.165, 1.54) is 12.1 Å². The Balaban J connectivity index is 2.46. The lowest BCUT2D eigenvalue weighted by atomic mass is 9.97. The van der Waals surface area contributed by atoms with Crippen LogP contribution in [0, 0.1) is 12.7 Å². The average Bonchev–Trinajstić information content (AvgIpc) is 2.40. The molecule has 0 aromatic heterocycles. The van der Waals surface area contributed by atoms with E-state index in [2.05, 4.69) is 15.9 Å². The summed E-state index contributed by atoms with van der Waals surface area (Å²) in [5.74, 6) is 0.476. The summed E-state index contributed by atoms with van der Waals surface area (Å²) < 4.78 is 19.5. The van der Waals surface area contributed by atoms with E-state index in [1.54, 1.807) is 6.07 Å².